The fourth-order valence-electron chi connectivity index (χ4n) is 3.07. The Morgan fingerprint density at radius 3 is 2.61 bits per heavy atom. The van der Waals surface area contributed by atoms with Crippen LogP contribution in [0.4, 0.5) is 10.1 Å². The summed E-state index contributed by atoms with van der Waals surface area (Å²) in [6.45, 7) is 5.98. The van der Waals surface area contributed by atoms with Crippen LogP contribution in [0.5, 0.6) is 0 Å². The fourth-order valence-corrected chi connectivity index (χ4v) is 3.07. The van der Waals surface area contributed by atoms with E-state index < -0.39 is 0 Å². The van der Waals surface area contributed by atoms with Crippen LogP contribution in [0, 0.1) is 5.82 Å². The van der Waals surface area contributed by atoms with Gasteiger partial charge in [0.05, 0.1) is 6.54 Å². The van der Waals surface area contributed by atoms with Crippen LogP contribution in [0.15, 0.2) is 65.7 Å². The number of nitrogens with one attached hydrogen (secondary N) is 2. The molecule has 4 nitrogen and oxygen atoms in total. The van der Waals surface area contributed by atoms with Crippen LogP contribution in [0.2, 0.25) is 0 Å². The molecular weight excluding hydrogens is 466 g/mol. The largest absolute Gasteiger partial charge is 0.364 e. The van der Waals surface area contributed by atoms with Gasteiger partial charge < -0.3 is 15.5 Å². The minimum absolute atomic E-state index is 0. The van der Waals surface area contributed by atoms with Crippen LogP contribution >= 0.6 is 24.0 Å². The second kappa shape index (κ2) is 11.7. The molecule has 150 valence electrons. The number of aliphatic imine (C=N–C) groups is 1. The number of halogens is 2. The summed E-state index contributed by atoms with van der Waals surface area (Å²) < 4.78 is 13.7. The van der Waals surface area contributed by atoms with E-state index in [0.717, 1.165) is 25.6 Å². The van der Waals surface area contributed by atoms with Gasteiger partial charge in [-0.15, -0.1) is 24.0 Å². The number of hydrogen-bond acceptors (Lipinski definition) is 2. The highest BCUT2D eigenvalue weighted by Gasteiger charge is 2.08. The first-order valence-electron chi connectivity index (χ1n) is 9.50. The third-order valence-corrected chi connectivity index (χ3v) is 4.50. The monoisotopic (exact) mass is 494 g/mol. The maximum absolute atomic E-state index is 13.7. The highest BCUT2D eigenvalue weighted by molar-refractivity contribution is 14.0. The third kappa shape index (κ3) is 6.51. The quantitative estimate of drug-likeness (QED) is 0.264. The average molecular weight is 494 g/mol. The van der Waals surface area contributed by atoms with Crippen molar-refractivity contribution in [2.75, 3.05) is 31.1 Å². The van der Waals surface area contributed by atoms with E-state index >= 15 is 0 Å². The van der Waals surface area contributed by atoms with E-state index in [1.807, 2.05) is 19.1 Å². The Morgan fingerprint density at radius 2 is 1.86 bits per heavy atom. The molecule has 1 aliphatic rings. The zero-order chi connectivity index (χ0) is 18.9. The van der Waals surface area contributed by atoms with Crippen LogP contribution in [0.25, 0.3) is 0 Å². The van der Waals surface area contributed by atoms with Gasteiger partial charge in [-0.3, -0.25) is 0 Å². The molecule has 2 aromatic rings. The van der Waals surface area contributed by atoms with Crippen LogP contribution < -0.4 is 15.5 Å². The van der Waals surface area contributed by atoms with Crippen LogP contribution in [0.3, 0.4) is 0 Å². The number of anilines is 1. The lowest BCUT2D eigenvalue weighted by atomic mass is 10.1. The first-order valence-corrected chi connectivity index (χ1v) is 9.50. The maximum Gasteiger partial charge on any atom is 0.191 e. The Kier molecular flexibility index (Phi) is 9.27. The van der Waals surface area contributed by atoms with E-state index in [1.54, 1.807) is 6.07 Å². The molecule has 0 atom stereocenters. The molecule has 6 heteroatoms. The second-order valence-corrected chi connectivity index (χ2v) is 6.51. The van der Waals surface area contributed by atoms with Crippen molar-refractivity contribution in [3.05, 3.63) is 77.6 Å². The van der Waals surface area contributed by atoms with E-state index in [2.05, 4.69) is 56.9 Å². The van der Waals surface area contributed by atoms with Crippen molar-refractivity contribution in [2.24, 2.45) is 4.99 Å². The van der Waals surface area contributed by atoms with Crippen molar-refractivity contribution in [1.82, 2.24) is 10.6 Å². The minimum Gasteiger partial charge on any atom is -0.364 e. The lowest BCUT2D eigenvalue weighted by molar-refractivity contribution is 0.606. The highest BCUT2D eigenvalue weighted by Crippen LogP contribution is 2.18. The van der Waals surface area contributed by atoms with Gasteiger partial charge in [0.25, 0.3) is 0 Å². The number of rotatable bonds is 7. The Hall–Kier alpha value is -2.09. The maximum atomic E-state index is 13.7. The first kappa shape index (κ1) is 22.2. The normalized spacial score (nSPS) is 13.4. The molecular formula is C22H28FIN4. The van der Waals surface area contributed by atoms with Crippen molar-refractivity contribution in [2.45, 2.75) is 19.9 Å². The smallest absolute Gasteiger partial charge is 0.191 e. The summed E-state index contributed by atoms with van der Waals surface area (Å²) in [4.78, 5) is 7.00. The van der Waals surface area contributed by atoms with Gasteiger partial charge in [-0.2, -0.15) is 0 Å². The van der Waals surface area contributed by atoms with E-state index in [9.17, 15) is 4.39 Å². The van der Waals surface area contributed by atoms with E-state index in [-0.39, 0.29) is 29.8 Å². The Morgan fingerprint density at radius 1 is 1.07 bits per heavy atom. The number of benzene rings is 2. The van der Waals surface area contributed by atoms with Gasteiger partial charge in [0, 0.05) is 31.9 Å². The predicted octanol–water partition coefficient (Wildman–Crippen LogP) is 4.12. The molecule has 0 spiro atoms. The fraction of sp³-hybridized carbons (Fsp3) is 0.318. The molecule has 0 saturated heterocycles. The topological polar surface area (TPSA) is 39.7 Å². The summed E-state index contributed by atoms with van der Waals surface area (Å²) in [7, 11) is 0. The standard InChI is InChI=1S/C22H27FN4.HI/c1-2-24-22(25-13-12-19-9-3-4-11-21(19)23)26-17-18-8-7-10-20(16-18)27-14-5-6-15-27;/h3-11,16H,2,12-15,17H2,1H3,(H2,24,25,26);1H. The van der Waals surface area contributed by atoms with Crippen molar-refractivity contribution in [3.8, 4) is 0 Å². The van der Waals surface area contributed by atoms with E-state index in [4.69, 9.17) is 0 Å². The van der Waals surface area contributed by atoms with Gasteiger partial charge in [0.15, 0.2) is 5.96 Å². The molecule has 28 heavy (non-hydrogen) atoms. The molecule has 0 bridgehead atoms. The van der Waals surface area contributed by atoms with Gasteiger partial charge in [-0.05, 0) is 42.7 Å². The Labute approximate surface area is 184 Å². The lowest BCUT2D eigenvalue weighted by Crippen LogP contribution is -2.38. The molecule has 2 N–H and O–H groups in total. The molecule has 0 unspecified atom stereocenters. The predicted molar refractivity (Wildman–Crippen MR) is 126 cm³/mol. The van der Waals surface area contributed by atoms with Gasteiger partial charge in [-0.25, -0.2) is 9.38 Å². The molecule has 0 radical (unpaired) electrons. The SMILES string of the molecule is CCNC(=NCc1cccc(N2CC=CC2)c1)NCCc1ccccc1F.I. The summed E-state index contributed by atoms with van der Waals surface area (Å²) in [5.74, 6) is 0.594. The van der Waals surface area contributed by atoms with Crippen molar-refractivity contribution in [1.29, 1.82) is 0 Å². The molecule has 1 heterocycles. The molecule has 3 rings (SSSR count). The van der Waals surface area contributed by atoms with Gasteiger partial charge in [0.1, 0.15) is 5.82 Å². The molecule has 2 aromatic carbocycles. The summed E-state index contributed by atoms with van der Waals surface area (Å²) in [5.41, 5.74) is 3.11. The third-order valence-electron chi connectivity index (χ3n) is 4.50. The molecule has 0 aliphatic carbocycles. The summed E-state index contributed by atoms with van der Waals surface area (Å²) >= 11 is 0. The minimum atomic E-state index is -0.158. The second-order valence-electron chi connectivity index (χ2n) is 6.51. The summed E-state index contributed by atoms with van der Waals surface area (Å²) in [6, 6.07) is 15.4. The number of hydrogen-bond donors (Lipinski definition) is 2. The molecule has 0 aromatic heterocycles. The van der Waals surface area contributed by atoms with Crippen LogP contribution in [0.1, 0.15) is 18.1 Å². The van der Waals surface area contributed by atoms with Gasteiger partial charge in [0.2, 0.25) is 0 Å². The lowest BCUT2D eigenvalue weighted by Gasteiger charge is -2.18. The number of guanidine groups is 1. The van der Waals surface area contributed by atoms with Crippen LogP contribution in [-0.4, -0.2) is 32.1 Å². The average Bonchev–Trinajstić information content (AvgIpc) is 3.23. The van der Waals surface area contributed by atoms with Crippen molar-refractivity contribution >= 4 is 35.6 Å². The van der Waals surface area contributed by atoms with E-state index in [1.165, 1.54) is 17.3 Å². The van der Waals surface area contributed by atoms with E-state index in [0.29, 0.717) is 25.1 Å². The van der Waals surface area contributed by atoms with Crippen molar-refractivity contribution in [3.63, 3.8) is 0 Å². The first-order chi connectivity index (χ1) is 13.3. The van der Waals surface area contributed by atoms with Gasteiger partial charge in [-0.1, -0.05) is 42.5 Å². The zero-order valence-electron chi connectivity index (χ0n) is 16.2. The highest BCUT2D eigenvalue weighted by atomic mass is 127. The molecule has 0 amide bonds. The van der Waals surface area contributed by atoms with Gasteiger partial charge >= 0.3 is 0 Å². The molecule has 0 saturated carbocycles. The summed E-state index contributed by atoms with van der Waals surface area (Å²) in [6.07, 6.45) is 5.00. The molecule has 0 fully saturated rings. The molecule has 1 aliphatic heterocycles. The number of nitrogens with zero attached hydrogens (tertiary/aromatic N) is 2. The Bertz CT molecular complexity index is 799. The summed E-state index contributed by atoms with van der Waals surface area (Å²) in [5, 5.41) is 6.54. The zero-order valence-corrected chi connectivity index (χ0v) is 18.5. The van der Waals surface area contributed by atoms with Crippen molar-refractivity contribution < 1.29 is 4.39 Å². The van der Waals surface area contributed by atoms with Crippen LogP contribution in [-0.2, 0) is 13.0 Å². The Balaban J connectivity index is 0.00000280.